The minimum absolute atomic E-state index is 0.680. The van der Waals surface area contributed by atoms with Gasteiger partial charge in [0.15, 0.2) is 0 Å². The van der Waals surface area contributed by atoms with Gasteiger partial charge in [-0.1, -0.05) is 0 Å². The molecular weight excluding hydrogens is 241 g/mol. The summed E-state index contributed by atoms with van der Waals surface area (Å²) >= 11 is 0. The smallest absolute Gasteiger partial charge is 0.414 e. The molecule has 1 N–H and O–H groups in total. The zero-order valence-corrected chi connectivity index (χ0v) is 8.39. The number of methoxy groups -OCH3 is 1. The van der Waals surface area contributed by atoms with Crippen molar-refractivity contribution in [1.82, 2.24) is 4.90 Å². The van der Waals surface area contributed by atoms with Crippen molar-refractivity contribution in [2.24, 2.45) is 0 Å². The van der Waals surface area contributed by atoms with E-state index in [4.69, 9.17) is 5.11 Å². The van der Waals surface area contributed by atoms with Gasteiger partial charge >= 0.3 is 18.3 Å². The number of amides is 1. The summed E-state index contributed by atoms with van der Waals surface area (Å²) in [6.07, 6.45) is -11.6. The summed E-state index contributed by atoms with van der Waals surface area (Å²) in [6, 6.07) is -4.57. The molecule has 4 nitrogen and oxygen atoms in total. The first-order valence-electron chi connectivity index (χ1n) is 4.01. The van der Waals surface area contributed by atoms with E-state index >= 15 is 0 Å². The van der Waals surface area contributed by atoms with Crippen molar-refractivity contribution in [2.75, 3.05) is 7.11 Å². The van der Waals surface area contributed by atoms with Crippen molar-refractivity contribution in [1.29, 1.82) is 0 Å². The van der Waals surface area contributed by atoms with Crippen LogP contribution in [0, 0.1) is 0 Å². The first-order chi connectivity index (χ1) is 7.01. The molecule has 0 heterocycles. The van der Waals surface area contributed by atoms with Crippen molar-refractivity contribution >= 4 is 6.09 Å². The lowest BCUT2D eigenvalue weighted by atomic mass is 10.3. The number of ether oxygens (including phenoxy) is 1. The van der Waals surface area contributed by atoms with Gasteiger partial charge in [-0.15, -0.1) is 0 Å². The molecule has 0 aromatic heterocycles. The van der Waals surface area contributed by atoms with Crippen LogP contribution in [-0.2, 0) is 4.74 Å². The van der Waals surface area contributed by atoms with Gasteiger partial charge in [0.05, 0.1) is 0 Å². The highest BCUT2D eigenvalue weighted by Gasteiger charge is 2.51. The molecule has 1 unspecified atom stereocenters. The van der Waals surface area contributed by atoms with Gasteiger partial charge in [-0.25, -0.2) is 9.69 Å². The van der Waals surface area contributed by atoms with Gasteiger partial charge in [0.1, 0.15) is 12.6 Å². The highest BCUT2D eigenvalue weighted by Crippen LogP contribution is 2.35. The molecule has 0 radical (unpaired) electrons. The molecule has 0 bridgehead atoms. The molecule has 0 aliphatic carbocycles. The van der Waals surface area contributed by atoms with Crippen LogP contribution in [0.3, 0.4) is 0 Å². The molecule has 9 heteroatoms. The fourth-order valence-electron chi connectivity index (χ4n) is 0.993. The van der Waals surface area contributed by atoms with Crippen LogP contribution in [0.4, 0.5) is 26.7 Å². The fraction of sp³-hybridized carbons (Fsp3) is 0.857. The maximum absolute atomic E-state index is 13.0. The number of carboxylic acid groups (broad SMARTS) is 1. The lowest BCUT2D eigenvalue weighted by molar-refractivity contribution is -0.250. The Hall–Kier alpha value is -1.12. The van der Waals surface area contributed by atoms with Gasteiger partial charge in [0.25, 0.3) is 0 Å². The summed E-state index contributed by atoms with van der Waals surface area (Å²) in [6.45, 7) is 0.901. The van der Waals surface area contributed by atoms with Crippen LogP contribution in [0.5, 0.6) is 0 Å². The topological polar surface area (TPSA) is 49.8 Å². The predicted molar refractivity (Wildman–Crippen MR) is 42.0 cm³/mol. The number of carbonyl (C=O) groups is 1. The largest absolute Gasteiger partial charge is 0.465 e. The number of halogens is 5. The molecule has 0 rings (SSSR count). The summed E-state index contributed by atoms with van der Waals surface area (Å²) < 4.78 is 65.7. The Morgan fingerprint density at radius 3 is 2.06 bits per heavy atom. The zero-order valence-electron chi connectivity index (χ0n) is 8.39. The van der Waals surface area contributed by atoms with E-state index in [2.05, 4.69) is 4.74 Å². The lowest BCUT2D eigenvalue weighted by Crippen LogP contribution is -2.52. The Morgan fingerprint density at radius 2 is 1.81 bits per heavy atom. The molecule has 0 fully saturated rings. The molecule has 16 heavy (non-hydrogen) atoms. The molecule has 0 aliphatic rings. The van der Waals surface area contributed by atoms with Crippen LogP contribution in [-0.4, -0.2) is 41.7 Å². The molecule has 0 aliphatic heterocycles. The summed E-state index contributed by atoms with van der Waals surface area (Å²) in [7, 11) is 0.907. The van der Waals surface area contributed by atoms with E-state index in [0.717, 1.165) is 14.0 Å². The van der Waals surface area contributed by atoms with Crippen LogP contribution in [0.25, 0.3) is 0 Å². The number of nitrogens with zero attached hydrogens (tertiary/aromatic N) is 1. The third-order valence-electron chi connectivity index (χ3n) is 1.68. The van der Waals surface area contributed by atoms with Crippen LogP contribution in [0.15, 0.2) is 0 Å². The van der Waals surface area contributed by atoms with Crippen molar-refractivity contribution in [3.63, 3.8) is 0 Å². The lowest BCUT2D eigenvalue weighted by Gasteiger charge is -2.32. The van der Waals surface area contributed by atoms with Gasteiger partial charge < -0.3 is 9.84 Å². The number of alkyl halides is 5. The number of rotatable bonds is 4. The van der Waals surface area contributed by atoms with Crippen LogP contribution < -0.4 is 0 Å². The van der Waals surface area contributed by atoms with Crippen LogP contribution in [0.1, 0.15) is 13.3 Å². The van der Waals surface area contributed by atoms with E-state index < -0.39 is 35.9 Å². The Bertz CT molecular complexity index is 255. The van der Waals surface area contributed by atoms with Crippen molar-refractivity contribution in [3.8, 4) is 0 Å². The second-order valence-electron chi connectivity index (χ2n) is 2.95. The standard InChI is InChI=1S/C7H10F5NO3/c1-4(16-2)13(5(14)15)7(11,12)3-6(8,9)10/h4H,3H2,1-2H3,(H,14,15). The first-order valence-corrected chi connectivity index (χ1v) is 4.01. The average molecular weight is 251 g/mol. The van der Waals surface area contributed by atoms with Crippen LogP contribution in [0.2, 0.25) is 0 Å². The Balaban J connectivity index is 4.97. The highest BCUT2D eigenvalue weighted by molar-refractivity contribution is 5.65. The van der Waals surface area contributed by atoms with E-state index in [1.165, 1.54) is 0 Å². The monoisotopic (exact) mass is 251 g/mol. The molecule has 1 amide bonds. The summed E-state index contributed by atoms with van der Waals surface area (Å²) in [5, 5.41) is 8.41. The maximum Gasteiger partial charge on any atom is 0.414 e. The van der Waals surface area contributed by atoms with E-state index in [1.807, 2.05) is 0 Å². The van der Waals surface area contributed by atoms with Gasteiger partial charge in [0, 0.05) is 7.11 Å². The minimum atomic E-state index is -5.18. The Kier molecular flexibility index (Phi) is 4.47. The second kappa shape index (κ2) is 4.81. The van der Waals surface area contributed by atoms with Gasteiger partial charge in [-0.3, -0.25) is 0 Å². The van der Waals surface area contributed by atoms with E-state index in [1.54, 1.807) is 0 Å². The molecule has 0 aromatic rings. The summed E-state index contributed by atoms with van der Waals surface area (Å²) in [5.74, 6) is 0. The second-order valence-corrected chi connectivity index (χ2v) is 2.95. The normalized spacial score (nSPS) is 14.7. The summed E-state index contributed by atoms with van der Waals surface area (Å²) in [5.41, 5.74) is 0. The van der Waals surface area contributed by atoms with Crippen molar-refractivity contribution < 1.29 is 36.6 Å². The molecule has 0 spiro atoms. The minimum Gasteiger partial charge on any atom is -0.465 e. The van der Waals surface area contributed by atoms with Gasteiger partial charge in [-0.05, 0) is 6.92 Å². The molecule has 0 saturated heterocycles. The molecule has 1 atom stereocenters. The predicted octanol–water partition coefficient (Wildman–Crippen LogP) is 2.50. The zero-order chi connectivity index (χ0) is 13.1. The Morgan fingerprint density at radius 1 is 1.38 bits per heavy atom. The van der Waals surface area contributed by atoms with Gasteiger partial charge in [0.2, 0.25) is 0 Å². The van der Waals surface area contributed by atoms with Gasteiger partial charge in [-0.2, -0.15) is 22.0 Å². The highest BCUT2D eigenvalue weighted by atomic mass is 19.4. The number of hydrogen-bond acceptors (Lipinski definition) is 2. The van der Waals surface area contributed by atoms with E-state index in [9.17, 15) is 26.7 Å². The third-order valence-corrected chi connectivity index (χ3v) is 1.68. The molecule has 96 valence electrons. The third kappa shape index (κ3) is 4.17. The fourth-order valence-corrected chi connectivity index (χ4v) is 0.993. The van der Waals surface area contributed by atoms with Crippen LogP contribution >= 0.6 is 0 Å². The van der Waals surface area contributed by atoms with E-state index in [-0.39, 0.29) is 0 Å². The molecule has 0 aromatic carbocycles. The molecular formula is C7H10F5NO3. The Labute approximate surface area is 87.6 Å². The first kappa shape index (κ1) is 14.9. The molecule has 0 saturated carbocycles. The SMILES string of the molecule is COC(C)N(C(=O)O)C(F)(F)CC(F)(F)F. The van der Waals surface area contributed by atoms with Crippen molar-refractivity contribution in [2.45, 2.75) is 31.8 Å². The maximum atomic E-state index is 13.0. The quantitative estimate of drug-likeness (QED) is 0.474. The number of hydrogen-bond donors (Lipinski definition) is 1. The summed E-state index contributed by atoms with van der Waals surface area (Å²) in [4.78, 5) is 9.75. The van der Waals surface area contributed by atoms with E-state index in [0.29, 0.717) is 0 Å². The van der Waals surface area contributed by atoms with Crippen molar-refractivity contribution in [3.05, 3.63) is 0 Å². The average Bonchev–Trinajstić information content (AvgIpc) is 1.97.